The predicted molar refractivity (Wildman–Crippen MR) is 81.9 cm³/mol. The molecule has 3 nitrogen and oxygen atoms in total. The first-order valence-corrected chi connectivity index (χ1v) is 8.92. The monoisotopic (exact) mass is 359 g/mol. The van der Waals surface area contributed by atoms with Gasteiger partial charge in [0, 0.05) is 10.5 Å². The predicted octanol–water partition coefficient (Wildman–Crippen LogP) is 3.86. The van der Waals surface area contributed by atoms with Crippen LogP contribution in [0.1, 0.15) is 24.1 Å². The van der Waals surface area contributed by atoms with E-state index in [1.54, 1.807) is 30.4 Å². The van der Waals surface area contributed by atoms with E-state index in [1.807, 2.05) is 29.8 Å². The van der Waals surface area contributed by atoms with Crippen LogP contribution in [-0.2, 0) is 10.0 Å². The second-order valence-electron chi connectivity index (χ2n) is 4.31. The molecule has 0 fully saturated rings. The molecule has 1 aromatic carbocycles. The van der Waals surface area contributed by atoms with E-state index in [0.29, 0.717) is 4.90 Å². The number of nitrogens with one attached hydrogen (secondary N) is 1. The third-order valence-electron chi connectivity index (χ3n) is 2.81. The van der Waals surface area contributed by atoms with Crippen molar-refractivity contribution in [1.82, 2.24) is 4.72 Å². The standard InChI is InChI=1S/C13H14BrNO2S2/c1-9-3-4-12(14)7-13(9)19(16,17)15-10(2)11-5-6-18-8-11/h3-8,10,15H,1-2H3. The van der Waals surface area contributed by atoms with Crippen LogP contribution in [-0.4, -0.2) is 8.42 Å². The van der Waals surface area contributed by atoms with Crippen molar-refractivity contribution in [2.24, 2.45) is 0 Å². The highest BCUT2D eigenvalue weighted by Gasteiger charge is 2.20. The van der Waals surface area contributed by atoms with Gasteiger partial charge in [-0.3, -0.25) is 0 Å². The molecule has 2 aromatic rings. The zero-order valence-corrected chi connectivity index (χ0v) is 13.8. The van der Waals surface area contributed by atoms with Crippen molar-refractivity contribution in [3.8, 4) is 0 Å². The van der Waals surface area contributed by atoms with Crippen molar-refractivity contribution in [2.45, 2.75) is 24.8 Å². The molecule has 0 aliphatic rings. The van der Waals surface area contributed by atoms with Crippen LogP contribution in [0.5, 0.6) is 0 Å². The normalized spacial score (nSPS) is 13.4. The van der Waals surface area contributed by atoms with Gasteiger partial charge in [-0.2, -0.15) is 11.3 Å². The van der Waals surface area contributed by atoms with E-state index in [9.17, 15) is 8.42 Å². The Labute approximate surface area is 125 Å². The summed E-state index contributed by atoms with van der Waals surface area (Å²) >= 11 is 4.86. The van der Waals surface area contributed by atoms with E-state index in [1.165, 1.54) is 0 Å². The Morgan fingerprint density at radius 2 is 2.05 bits per heavy atom. The summed E-state index contributed by atoms with van der Waals surface area (Å²) < 4.78 is 28.2. The Bertz CT molecular complexity index is 666. The van der Waals surface area contributed by atoms with Gasteiger partial charge in [-0.15, -0.1) is 0 Å². The number of hydrogen-bond donors (Lipinski definition) is 1. The highest BCUT2D eigenvalue weighted by Crippen LogP contribution is 2.23. The molecule has 1 heterocycles. The second-order valence-corrected chi connectivity index (χ2v) is 7.69. The van der Waals surface area contributed by atoms with Crippen molar-refractivity contribution in [3.05, 3.63) is 50.6 Å². The Kier molecular flexibility index (Phi) is 4.45. The summed E-state index contributed by atoms with van der Waals surface area (Å²) in [7, 11) is -3.51. The van der Waals surface area contributed by atoms with Gasteiger partial charge in [0.25, 0.3) is 0 Å². The Hall–Kier alpha value is -0.690. The van der Waals surface area contributed by atoms with Gasteiger partial charge in [0.15, 0.2) is 0 Å². The minimum Gasteiger partial charge on any atom is -0.207 e. The number of benzene rings is 1. The first-order valence-electron chi connectivity index (χ1n) is 5.71. The first kappa shape index (κ1) is 14.7. The summed E-state index contributed by atoms with van der Waals surface area (Å²) in [5, 5.41) is 3.88. The van der Waals surface area contributed by atoms with E-state index >= 15 is 0 Å². The molecule has 0 aliphatic carbocycles. The van der Waals surface area contributed by atoms with Crippen LogP contribution in [0.2, 0.25) is 0 Å². The van der Waals surface area contributed by atoms with Crippen molar-refractivity contribution < 1.29 is 8.42 Å². The third-order valence-corrected chi connectivity index (χ3v) is 5.69. The minimum atomic E-state index is -3.51. The maximum atomic E-state index is 12.4. The zero-order chi connectivity index (χ0) is 14.0. The lowest BCUT2D eigenvalue weighted by molar-refractivity contribution is 0.566. The molecule has 2 rings (SSSR count). The SMILES string of the molecule is Cc1ccc(Br)cc1S(=O)(=O)NC(C)c1ccsc1. The Morgan fingerprint density at radius 1 is 1.32 bits per heavy atom. The molecular formula is C13H14BrNO2S2. The summed E-state index contributed by atoms with van der Waals surface area (Å²) in [6.45, 7) is 3.63. The molecule has 0 amide bonds. The number of sulfonamides is 1. The molecule has 0 aliphatic heterocycles. The van der Waals surface area contributed by atoms with E-state index in [-0.39, 0.29) is 6.04 Å². The molecule has 1 unspecified atom stereocenters. The van der Waals surface area contributed by atoms with Crippen molar-refractivity contribution in [1.29, 1.82) is 0 Å². The van der Waals surface area contributed by atoms with Gasteiger partial charge >= 0.3 is 0 Å². The summed E-state index contributed by atoms with van der Waals surface area (Å²) in [4.78, 5) is 0.309. The van der Waals surface area contributed by atoms with Crippen LogP contribution >= 0.6 is 27.3 Å². The van der Waals surface area contributed by atoms with E-state index < -0.39 is 10.0 Å². The maximum Gasteiger partial charge on any atom is 0.241 e. The first-order chi connectivity index (χ1) is 8.90. The summed E-state index contributed by atoms with van der Waals surface area (Å²) in [6.07, 6.45) is 0. The van der Waals surface area contributed by atoms with E-state index in [2.05, 4.69) is 20.7 Å². The van der Waals surface area contributed by atoms with E-state index in [0.717, 1.165) is 15.6 Å². The average molecular weight is 360 g/mol. The largest absolute Gasteiger partial charge is 0.241 e. The molecule has 1 atom stereocenters. The number of hydrogen-bond acceptors (Lipinski definition) is 3. The van der Waals surface area contributed by atoms with Crippen LogP contribution in [0, 0.1) is 6.92 Å². The molecule has 1 N–H and O–H groups in total. The second kappa shape index (κ2) is 5.75. The molecule has 19 heavy (non-hydrogen) atoms. The van der Waals surface area contributed by atoms with Crippen molar-refractivity contribution in [3.63, 3.8) is 0 Å². The zero-order valence-electron chi connectivity index (χ0n) is 10.6. The summed E-state index contributed by atoms with van der Waals surface area (Å²) in [5.41, 5.74) is 1.70. The van der Waals surface area contributed by atoms with Gasteiger partial charge in [-0.05, 0) is 53.9 Å². The minimum absolute atomic E-state index is 0.241. The lowest BCUT2D eigenvalue weighted by Crippen LogP contribution is -2.27. The van der Waals surface area contributed by atoms with Crippen LogP contribution in [0.15, 0.2) is 44.4 Å². The van der Waals surface area contributed by atoms with Gasteiger partial charge in [-0.25, -0.2) is 13.1 Å². The fraction of sp³-hybridized carbons (Fsp3) is 0.231. The average Bonchev–Trinajstić information content (AvgIpc) is 2.85. The molecule has 0 saturated carbocycles. The van der Waals surface area contributed by atoms with Crippen molar-refractivity contribution in [2.75, 3.05) is 0 Å². The van der Waals surface area contributed by atoms with Gasteiger partial charge in [0.05, 0.1) is 4.90 Å². The fourth-order valence-corrected chi connectivity index (χ4v) is 4.52. The molecule has 0 saturated heterocycles. The molecule has 1 aromatic heterocycles. The molecule has 102 valence electrons. The van der Waals surface area contributed by atoms with Crippen LogP contribution < -0.4 is 4.72 Å². The lowest BCUT2D eigenvalue weighted by atomic mass is 10.2. The number of aryl methyl sites for hydroxylation is 1. The van der Waals surface area contributed by atoms with Crippen LogP contribution in [0.4, 0.5) is 0 Å². The maximum absolute atomic E-state index is 12.4. The highest BCUT2D eigenvalue weighted by atomic mass is 79.9. The Balaban J connectivity index is 2.30. The number of thiophene rings is 1. The molecule has 0 radical (unpaired) electrons. The molecule has 0 bridgehead atoms. The summed E-state index contributed by atoms with van der Waals surface area (Å²) in [5.74, 6) is 0. The summed E-state index contributed by atoms with van der Waals surface area (Å²) in [6, 6.07) is 6.92. The van der Waals surface area contributed by atoms with Gasteiger partial charge in [-0.1, -0.05) is 22.0 Å². The smallest absolute Gasteiger partial charge is 0.207 e. The van der Waals surface area contributed by atoms with Crippen LogP contribution in [0.3, 0.4) is 0 Å². The fourth-order valence-electron chi connectivity index (χ4n) is 1.75. The van der Waals surface area contributed by atoms with E-state index in [4.69, 9.17) is 0 Å². The van der Waals surface area contributed by atoms with Gasteiger partial charge in [0.2, 0.25) is 10.0 Å². The molecule has 6 heteroatoms. The number of halogens is 1. The lowest BCUT2D eigenvalue weighted by Gasteiger charge is -2.14. The highest BCUT2D eigenvalue weighted by molar-refractivity contribution is 9.10. The van der Waals surface area contributed by atoms with Gasteiger partial charge < -0.3 is 0 Å². The van der Waals surface area contributed by atoms with Crippen molar-refractivity contribution >= 4 is 37.3 Å². The Morgan fingerprint density at radius 3 is 2.68 bits per heavy atom. The van der Waals surface area contributed by atoms with Gasteiger partial charge in [0.1, 0.15) is 0 Å². The number of rotatable bonds is 4. The molecular weight excluding hydrogens is 346 g/mol. The quantitative estimate of drug-likeness (QED) is 0.900. The van der Waals surface area contributed by atoms with Crippen LogP contribution in [0.25, 0.3) is 0 Å². The topological polar surface area (TPSA) is 46.2 Å². The third kappa shape index (κ3) is 3.45. The molecule has 0 spiro atoms.